The van der Waals surface area contributed by atoms with Crippen molar-refractivity contribution in [3.63, 3.8) is 0 Å². The average Bonchev–Trinajstić information content (AvgIpc) is 3.03. The van der Waals surface area contributed by atoms with Gasteiger partial charge in [-0.3, -0.25) is 9.59 Å². The number of rotatable bonds is 6. The first-order valence-corrected chi connectivity index (χ1v) is 7.76. The molecule has 0 bridgehead atoms. The van der Waals surface area contributed by atoms with Crippen molar-refractivity contribution in [2.45, 2.75) is 12.8 Å². The summed E-state index contributed by atoms with van der Waals surface area (Å²) in [6.07, 6.45) is 0.201. The number of oxazole rings is 1. The van der Waals surface area contributed by atoms with Crippen LogP contribution in [-0.4, -0.2) is 23.5 Å². The summed E-state index contributed by atoms with van der Waals surface area (Å²) in [5, 5.41) is 2.20. The van der Waals surface area contributed by atoms with Gasteiger partial charge in [0.05, 0.1) is 12.1 Å². The number of aromatic nitrogens is 1. The van der Waals surface area contributed by atoms with Gasteiger partial charge in [-0.15, -0.1) is 0 Å². The summed E-state index contributed by atoms with van der Waals surface area (Å²) in [4.78, 5) is 27.6. The Labute approximate surface area is 146 Å². The molecule has 26 heavy (non-hydrogen) atoms. The first kappa shape index (κ1) is 17.5. The normalized spacial score (nSPS) is 10.7. The number of benzene rings is 2. The van der Waals surface area contributed by atoms with Gasteiger partial charge in [0.2, 0.25) is 0 Å². The lowest BCUT2D eigenvalue weighted by Gasteiger charge is -2.07. The van der Waals surface area contributed by atoms with Gasteiger partial charge in [0.15, 0.2) is 18.1 Å². The van der Waals surface area contributed by atoms with Gasteiger partial charge in [-0.25, -0.2) is 13.8 Å². The highest BCUT2D eigenvalue weighted by Crippen LogP contribution is 2.16. The Morgan fingerprint density at radius 1 is 1.15 bits per heavy atom. The molecule has 6 nitrogen and oxygen atoms in total. The summed E-state index contributed by atoms with van der Waals surface area (Å²) in [6.45, 7) is -0.580. The molecule has 0 saturated carbocycles. The van der Waals surface area contributed by atoms with Crippen molar-refractivity contribution >= 4 is 28.7 Å². The van der Waals surface area contributed by atoms with Gasteiger partial charge >= 0.3 is 5.97 Å². The second kappa shape index (κ2) is 7.73. The summed E-state index contributed by atoms with van der Waals surface area (Å²) in [5.41, 5.74) is 1.12. The molecule has 1 heterocycles. The molecule has 134 valence electrons. The van der Waals surface area contributed by atoms with E-state index in [4.69, 9.17) is 9.15 Å². The van der Waals surface area contributed by atoms with Crippen LogP contribution in [-0.2, 0) is 20.7 Å². The number of halogens is 2. The Morgan fingerprint density at radius 3 is 2.73 bits per heavy atom. The first-order chi connectivity index (χ1) is 12.5. The zero-order valence-corrected chi connectivity index (χ0v) is 13.5. The van der Waals surface area contributed by atoms with Crippen LogP contribution < -0.4 is 5.32 Å². The first-order valence-electron chi connectivity index (χ1n) is 7.76. The zero-order chi connectivity index (χ0) is 18.5. The molecule has 0 aliphatic carbocycles. The molecule has 1 amide bonds. The van der Waals surface area contributed by atoms with E-state index in [0.29, 0.717) is 23.1 Å². The van der Waals surface area contributed by atoms with Gasteiger partial charge in [0.1, 0.15) is 17.2 Å². The van der Waals surface area contributed by atoms with Crippen LogP contribution in [0.25, 0.3) is 11.1 Å². The SMILES string of the molecule is O=C(COC(=O)CCc1nc2ccccc2o1)Nc1ccc(F)cc1F. The summed E-state index contributed by atoms with van der Waals surface area (Å²) in [6, 6.07) is 9.92. The van der Waals surface area contributed by atoms with Gasteiger partial charge in [-0.2, -0.15) is 0 Å². The van der Waals surface area contributed by atoms with Gasteiger partial charge in [0, 0.05) is 12.5 Å². The van der Waals surface area contributed by atoms with Crippen molar-refractivity contribution < 1.29 is 27.5 Å². The topological polar surface area (TPSA) is 81.4 Å². The third-order valence-electron chi connectivity index (χ3n) is 3.45. The van der Waals surface area contributed by atoms with Crippen LogP contribution >= 0.6 is 0 Å². The lowest BCUT2D eigenvalue weighted by molar-refractivity contribution is -0.147. The molecule has 0 unspecified atom stereocenters. The molecule has 0 atom stereocenters. The molecule has 1 N–H and O–H groups in total. The van der Waals surface area contributed by atoms with Crippen molar-refractivity contribution in [1.29, 1.82) is 0 Å². The summed E-state index contributed by atoms with van der Waals surface area (Å²) in [7, 11) is 0. The maximum absolute atomic E-state index is 13.4. The summed E-state index contributed by atoms with van der Waals surface area (Å²) < 4.78 is 36.5. The number of fused-ring (bicyclic) bond motifs is 1. The minimum atomic E-state index is -0.916. The number of para-hydroxylation sites is 2. The van der Waals surface area contributed by atoms with Crippen LogP contribution in [0.2, 0.25) is 0 Å². The fraction of sp³-hybridized carbons (Fsp3) is 0.167. The number of esters is 1. The zero-order valence-electron chi connectivity index (χ0n) is 13.5. The number of carbonyl (C=O) groups excluding carboxylic acids is 2. The average molecular weight is 360 g/mol. The predicted molar refractivity (Wildman–Crippen MR) is 88.3 cm³/mol. The molecule has 0 aliphatic heterocycles. The fourth-order valence-electron chi connectivity index (χ4n) is 2.23. The second-order valence-electron chi connectivity index (χ2n) is 5.41. The van der Waals surface area contributed by atoms with Crippen molar-refractivity contribution in [3.05, 3.63) is 60.0 Å². The maximum atomic E-state index is 13.4. The predicted octanol–water partition coefficient (Wildman–Crippen LogP) is 3.22. The standard InChI is InChI=1S/C18H14F2N2O4/c19-11-5-6-13(12(20)9-11)21-16(23)10-25-18(24)8-7-17-22-14-3-1-2-4-15(14)26-17/h1-6,9H,7-8,10H2,(H,21,23). The van der Waals surface area contributed by atoms with E-state index < -0.39 is 30.1 Å². The lowest BCUT2D eigenvalue weighted by atomic mass is 10.3. The molecule has 0 saturated heterocycles. The van der Waals surface area contributed by atoms with E-state index in [2.05, 4.69) is 10.3 Å². The van der Waals surface area contributed by atoms with Crippen LogP contribution in [0.5, 0.6) is 0 Å². The van der Waals surface area contributed by atoms with E-state index in [9.17, 15) is 18.4 Å². The third kappa shape index (κ3) is 4.41. The highest BCUT2D eigenvalue weighted by atomic mass is 19.1. The number of carbonyl (C=O) groups is 2. The molecule has 3 aromatic rings. The van der Waals surface area contributed by atoms with Crippen LogP contribution in [0.15, 0.2) is 46.9 Å². The van der Waals surface area contributed by atoms with E-state index in [0.717, 1.165) is 12.1 Å². The number of nitrogens with one attached hydrogen (secondary N) is 1. The molecule has 1 aromatic heterocycles. The summed E-state index contributed by atoms with van der Waals surface area (Å²) in [5.74, 6) is -2.64. The van der Waals surface area contributed by atoms with Crippen LogP contribution in [0.3, 0.4) is 0 Å². The number of anilines is 1. The molecular formula is C18H14F2N2O4. The van der Waals surface area contributed by atoms with Crippen LogP contribution in [0.1, 0.15) is 12.3 Å². The fourth-order valence-corrected chi connectivity index (χ4v) is 2.23. The Hall–Kier alpha value is -3.29. The number of aryl methyl sites for hydroxylation is 1. The summed E-state index contributed by atoms with van der Waals surface area (Å²) >= 11 is 0. The number of nitrogens with zero attached hydrogens (tertiary/aromatic N) is 1. The molecule has 0 spiro atoms. The van der Waals surface area contributed by atoms with Crippen molar-refractivity contribution in [2.75, 3.05) is 11.9 Å². The Balaban J connectivity index is 1.45. The lowest BCUT2D eigenvalue weighted by Crippen LogP contribution is -2.21. The van der Waals surface area contributed by atoms with Crippen LogP contribution in [0, 0.1) is 11.6 Å². The van der Waals surface area contributed by atoms with E-state index in [-0.39, 0.29) is 18.5 Å². The largest absolute Gasteiger partial charge is 0.456 e. The van der Waals surface area contributed by atoms with E-state index in [1.807, 2.05) is 12.1 Å². The molecule has 3 rings (SSSR count). The van der Waals surface area contributed by atoms with Crippen molar-refractivity contribution in [1.82, 2.24) is 4.98 Å². The highest BCUT2D eigenvalue weighted by Gasteiger charge is 2.12. The maximum Gasteiger partial charge on any atom is 0.306 e. The number of ether oxygens (including phenoxy) is 1. The van der Waals surface area contributed by atoms with Gasteiger partial charge in [0.25, 0.3) is 5.91 Å². The molecule has 0 radical (unpaired) electrons. The van der Waals surface area contributed by atoms with E-state index in [1.165, 1.54) is 0 Å². The Bertz CT molecular complexity index is 922. The second-order valence-corrected chi connectivity index (χ2v) is 5.41. The highest BCUT2D eigenvalue weighted by molar-refractivity contribution is 5.92. The van der Waals surface area contributed by atoms with Crippen molar-refractivity contribution in [3.8, 4) is 0 Å². The minimum absolute atomic E-state index is 0.0228. The smallest absolute Gasteiger partial charge is 0.306 e. The van der Waals surface area contributed by atoms with Gasteiger partial charge in [-0.1, -0.05) is 12.1 Å². The van der Waals surface area contributed by atoms with Crippen LogP contribution in [0.4, 0.5) is 14.5 Å². The number of hydrogen-bond donors (Lipinski definition) is 1. The number of amides is 1. The van der Waals surface area contributed by atoms with Gasteiger partial charge < -0.3 is 14.5 Å². The minimum Gasteiger partial charge on any atom is -0.456 e. The molecule has 8 heteroatoms. The molecule has 2 aromatic carbocycles. The molecule has 0 fully saturated rings. The quantitative estimate of drug-likeness (QED) is 0.683. The van der Waals surface area contributed by atoms with E-state index in [1.54, 1.807) is 12.1 Å². The third-order valence-corrected chi connectivity index (χ3v) is 3.45. The number of hydrogen-bond acceptors (Lipinski definition) is 5. The Kier molecular flexibility index (Phi) is 5.21. The molecule has 0 aliphatic rings. The Morgan fingerprint density at radius 2 is 1.96 bits per heavy atom. The van der Waals surface area contributed by atoms with E-state index >= 15 is 0 Å². The van der Waals surface area contributed by atoms with Crippen molar-refractivity contribution in [2.24, 2.45) is 0 Å². The van der Waals surface area contributed by atoms with Gasteiger partial charge in [-0.05, 0) is 24.3 Å². The monoisotopic (exact) mass is 360 g/mol. The molecular weight excluding hydrogens is 346 g/mol.